The highest BCUT2D eigenvalue weighted by Gasteiger charge is 2.22. The quantitative estimate of drug-likeness (QED) is 0.343. The van der Waals surface area contributed by atoms with Crippen LogP contribution in [0.5, 0.6) is 0 Å². The van der Waals surface area contributed by atoms with Gasteiger partial charge in [0, 0.05) is 4.88 Å². The molecule has 0 spiro atoms. The lowest BCUT2D eigenvalue weighted by molar-refractivity contribution is 0.0607. The lowest BCUT2D eigenvalue weighted by Gasteiger charge is -2.13. The summed E-state index contributed by atoms with van der Waals surface area (Å²) in [5, 5.41) is 2.73. The number of sulfonamides is 1. The Labute approximate surface area is 201 Å². The maximum atomic E-state index is 13.2. The van der Waals surface area contributed by atoms with Gasteiger partial charge < -0.3 is 10.1 Å². The largest absolute Gasteiger partial charge is 0.465 e. The molecular formula is C25H20N2O5S2. The van der Waals surface area contributed by atoms with E-state index in [2.05, 4.69) is 10.0 Å². The van der Waals surface area contributed by atoms with Gasteiger partial charge >= 0.3 is 5.97 Å². The Kier molecular flexibility index (Phi) is 6.76. The van der Waals surface area contributed by atoms with Gasteiger partial charge in [-0.05, 0) is 35.9 Å². The van der Waals surface area contributed by atoms with Crippen molar-refractivity contribution in [3.8, 4) is 10.4 Å². The van der Waals surface area contributed by atoms with E-state index in [1.807, 2.05) is 30.3 Å². The average molecular weight is 493 g/mol. The van der Waals surface area contributed by atoms with Crippen molar-refractivity contribution < 1.29 is 22.7 Å². The first kappa shape index (κ1) is 23.2. The van der Waals surface area contributed by atoms with Crippen LogP contribution in [0.3, 0.4) is 0 Å². The molecule has 0 atom stereocenters. The minimum absolute atomic E-state index is 0.0727. The number of rotatable bonds is 7. The first-order valence-corrected chi connectivity index (χ1v) is 12.4. The second-order valence-corrected chi connectivity index (χ2v) is 9.86. The van der Waals surface area contributed by atoms with Crippen molar-refractivity contribution >= 4 is 44.6 Å². The number of ether oxygens (including phenoxy) is 1. The fourth-order valence-corrected chi connectivity index (χ4v) is 5.37. The van der Waals surface area contributed by atoms with Gasteiger partial charge in [-0.15, -0.1) is 11.3 Å². The van der Waals surface area contributed by atoms with E-state index in [1.165, 1.54) is 42.7 Å². The van der Waals surface area contributed by atoms with Crippen molar-refractivity contribution in [2.24, 2.45) is 0 Å². The van der Waals surface area contributed by atoms with E-state index in [4.69, 9.17) is 4.74 Å². The molecule has 9 heteroatoms. The molecule has 0 radical (unpaired) electrons. The van der Waals surface area contributed by atoms with Crippen LogP contribution >= 0.6 is 11.3 Å². The van der Waals surface area contributed by atoms with E-state index >= 15 is 0 Å². The molecule has 34 heavy (non-hydrogen) atoms. The zero-order valence-corrected chi connectivity index (χ0v) is 19.7. The molecule has 2 N–H and O–H groups in total. The number of amides is 1. The van der Waals surface area contributed by atoms with E-state index in [0.717, 1.165) is 10.4 Å². The van der Waals surface area contributed by atoms with Crippen LogP contribution in [0.25, 0.3) is 10.4 Å². The fraction of sp³-hybridized carbons (Fsp3) is 0.0400. The van der Waals surface area contributed by atoms with Gasteiger partial charge in [0.25, 0.3) is 15.9 Å². The van der Waals surface area contributed by atoms with E-state index in [-0.39, 0.29) is 26.7 Å². The van der Waals surface area contributed by atoms with Crippen molar-refractivity contribution in [2.75, 3.05) is 17.1 Å². The zero-order valence-electron chi connectivity index (χ0n) is 18.0. The monoisotopic (exact) mass is 492 g/mol. The van der Waals surface area contributed by atoms with Crippen LogP contribution in [0, 0.1) is 0 Å². The van der Waals surface area contributed by atoms with Crippen LogP contribution in [0.1, 0.15) is 20.0 Å². The predicted octanol–water partition coefficient (Wildman–Crippen LogP) is 5.25. The summed E-state index contributed by atoms with van der Waals surface area (Å²) in [5.41, 5.74) is 1.38. The predicted molar refractivity (Wildman–Crippen MR) is 133 cm³/mol. The molecule has 0 fully saturated rings. The SMILES string of the molecule is COC(=O)c1sc(-c2ccccc2)cc1NC(=O)c1ccccc1NS(=O)(=O)c1ccccc1. The summed E-state index contributed by atoms with van der Waals surface area (Å²) in [4.78, 5) is 26.6. The van der Waals surface area contributed by atoms with Crippen LogP contribution in [0.15, 0.2) is 95.9 Å². The Hall–Kier alpha value is -3.95. The lowest BCUT2D eigenvalue weighted by atomic mass is 10.1. The first-order valence-electron chi connectivity index (χ1n) is 10.1. The van der Waals surface area contributed by atoms with E-state index in [0.29, 0.717) is 0 Å². The number of nitrogens with one attached hydrogen (secondary N) is 2. The molecule has 0 bridgehead atoms. The minimum atomic E-state index is -3.90. The van der Waals surface area contributed by atoms with Crippen molar-refractivity contribution in [3.63, 3.8) is 0 Å². The molecule has 4 rings (SSSR count). The number of hydrogen-bond donors (Lipinski definition) is 2. The molecule has 4 aromatic rings. The normalized spacial score (nSPS) is 11.0. The molecule has 3 aromatic carbocycles. The van der Waals surface area contributed by atoms with Crippen LogP contribution in [0.4, 0.5) is 11.4 Å². The third-order valence-electron chi connectivity index (χ3n) is 4.88. The number of hydrogen-bond acceptors (Lipinski definition) is 6. The second-order valence-electron chi connectivity index (χ2n) is 7.13. The fourth-order valence-electron chi connectivity index (χ4n) is 3.24. The Morgan fingerprint density at radius 3 is 2.12 bits per heavy atom. The molecule has 0 aliphatic rings. The minimum Gasteiger partial charge on any atom is -0.465 e. The number of benzene rings is 3. The highest BCUT2D eigenvalue weighted by atomic mass is 32.2. The van der Waals surface area contributed by atoms with Crippen molar-refractivity contribution in [2.45, 2.75) is 4.90 Å². The molecule has 0 aliphatic carbocycles. The van der Waals surface area contributed by atoms with Crippen molar-refractivity contribution in [1.82, 2.24) is 0 Å². The molecule has 1 heterocycles. The summed E-state index contributed by atoms with van der Waals surface area (Å²) in [6.07, 6.45) is 0. The third kappa shape index (κ3) is 5.00. The molecule has 172 valence electrons. The van der Waals surface area contributed by atoms with Gasteiger partial charge in [0.05, 0.1) is 28.9 Å². The van der Waals surface area contributed by atoms with E-state index in [1.54, 1.807) is 36.4 Å². The van der Waals surface area contributed by atoms with Gasteiger partial charge in [0.15, 0.2) is 0 Å². The Bertz CT molecular complexity index is 1430. The number of methoxy groups -OCH3 is 1. The number of esters is 1. The molecule has 1 amide bonds. The van der Waals surface area contributed by atoms with Crippen LogP contribution in [-0.2, 0) is 14.8 Å². The smallest absolute Gasteiger partial charge is 0.350 e. The lowest BCUT2D eigenvalue weighted by Crippen LogP contribution is -2.19. The average Bonchev–Trinajstić information content (AvgIpc) is 3.28. The van der Waals surface area contributed by atoms with Gasteiger partial charge in [-0.2, -0.15) is 0 Å². The second kappa shape index (κ2) is 9.90. The summed E-state index contributed by atoms with van der Waals surface area (Å²) in [6, 6.07) is 25.2. The topological polar surface area (TPSA) is 102 Å². The number of carbonyl (C=O) groups excluding carboxylic acids is 2. The molecule has 7 nitrogen and oxygen atoms in total. The van der Waals surface area contributed by atoms with Crippen molar-refractivity contribution in [3.05, 3.63) is 101 Å². The van der Waals surface area contributed by atoms with Gasteiger partial charge in [0.1, 0.15) is 4.88 Å². The molecule has 0 saturated heterocycles. The molecular weight excluding hydrogens is 472 g/mol. The number of carbonyl (C=O) groups is 2. The van der Waals surface area contributed by atoms with Crippen LogP contribution < -0.4 is 10.0 Å². The zero-order chi connectivity index (χ0) is 24.1. The summed E-state index contributed by atoms with van der Waals surface area (Å²) in [7, 11) is -2.63. The van der Waals surface area contributed by atoms with E-state index in [9.17, 15) is 18.0 Å². The van der Waals surface area contributed by atoms with E-state index < -0.39 is 21.9 Å². The molecule has 0 saturated carbocycles. The first-order chi connectivity index (χ1) is 16.4. The summed E-state index contributed by atoms with van der Waals surface area (Å²) >= 11 is 1.19. The molecule has 1 aromatic heterocycles. The Balaban J connectivity index is 1.65. The Morgan fingerprint density at radius 1 is 0.824 bits per heavy atom. The standard InChI is InChI=1S/C25H20N2O5S2/c1-32-25(29)23-21(16-22(33-23)17-10-4-2-5-11-17)26-24(28)19-14-8-9-15-20(19)27-34(30,31)18-12-6-3-7-13-18/h2-16,27H,1H3,(H,26,28). The van der Waals surface area contributed by atoms with Gasteiger partial charge in [-0.1, -0.05) is 60.7 Å². The summed E-state index contributed by atoms with van der Waals surface area (Å²) in [5.74, 6) is -1.16. The molecule has 0 aliphatic heterocycles. The maximum absolute atomic E-state index is 13.2. The third-order valence-corrected chi connectivity index (χ3v) is 7.42. The highest BCUT2D eigenvalue weighted by molar-refractivity contribution is 7.92. The number of para-hydroxylation sites is 1. The molecule has 0 unspecified atom stereocenters. The maximum Gasteiger partial charge on any atom is 0.350 e. The van der Waals surface area contributed by atoms with Gasteiger partial charge in [-0.25, -0.2) is 13.2 Å². The highest BCUT2D eigenvalue weighted by Crippen LogP contribution is 2.36. The van der Waals surface area contributed by atoms with Crippen LogP contribution in [0.2, 0.25) is 0 Å². The van der Waals surface area contributed by atoms with Crippen LogP contribution in [-0.4, -0.2) is 27.4 Å². The Morgan fingerprint density at radius 2 is 1.44 bits per heavy atom. The van der Waals surface area contributed by atoms with Gasteiger partial charge in [-0.3, -0.25) is 9.52 Å². The summed E-state index contributed by atoms with van der Waals surface area (Å²) < 4.78 is 32.9. The number of anilines is 2. The van der Waals surface area contributed by atoms with Gasteiger partial charge in [0.2, 0.25) is 0 Å². The van der Waals surface area contributed by atoms with Crippen molar-refractivity contribution in [1.29, 1.82) is 0 Å². The number of thiophene rings is 1. The summed E-state index contributed by atoms with van der Waals surface area (Å²) in [6.45, 7) is 0.